The quantitative estimate of drug-likeness (QED) is 0.744. The van der Waals surface area contributed by atoms with Gasteiger partial charge in [-0.2, -0.15) is 0 Å². The monoisotopic (exact) mass is 263 g/mol. The molecule has 0 saturated carbocycles. The van der Waals surface area contributed by atoms with Crippen molar-refractivity contribution in [2.24, 2.45) is 0 Å². The van der Waals surface area contributed by atoms with Gasteiger partial charge in [-0.1, -0.05) is 36.4 Å². The van der Waals surface area contributed by atoms with Gasteiger partial charge in [-0.05, 0) is 36.6 Å². The van der Waals surface area contributed by atoms with Crippen LogP contribution in [0, 0.1) is 0 Å². The summed E-state index contributed by atoms with van der Waals surface area (Å²) in [4.78, 5) is 8.12. The summed E-state index contributed by atoms with van der Waals surface area (Å²) in [6, 6.07) is 16.9. The zero-order chi connectivity index (χ0) is 13.4. The minimum absolute atomic E-state index is 0.642. The molecule has 1 aliphatic heterocycles. The lowest BCUT2D eigenvalue weighted by molar-refractivity contribution is 0.764. The van der Waals surface area contributed by atoms with E-state index in [0.717, 1.165) is 35.5 Å². The normalized spacial score (nSPS) is 18.7. The summed E-state index contributed by atoms with van der Waals surface area (Å²) in [5, 5.41) is 3.42. The number of hydrogen-bond donors (Lipinski definition) is 2. The van der Waals surface area contributed by atoms with Crippen LogP contribution in [0.1, 0.15) is 17.9 Å². The molecule has 0 aliphatic carbocycles. The topological polar surface area (TPSA) is 40.7 Å². The maximum absolute atomic E-state index is 4.68. The highest BCUT2D eigenvalue weighted by Crippen LogP contribution is 2.26. The molecule has 1 aliphatic rings. The molecule has 20 heavy (non-hydrogen) atoms. The molecule has 1 saturated heterocycles. The van der Waals surface area contributed by atoms with Crippen molar-refractivity contribution >= 4 is 11.0 Å². The fourth-order valence-electron chi connectivity index (χ4n) is 2.95. The Balaban J connectivity index is 1.76. The molecule has 2 N–H and O–H groups in total. The average molecular weight is 263 g/mol. The standard InChI is InChI=1S/C17H17N3/c1-2-4-12(5-3-1)17-19-15-7-6-13(10-16(15)20-17)14-8-9-18-11-14/h1-7,10,14,18H,8-9,11H2,(H,19,20). The van der Waals surface area contributed by atoms with Crippen LogP contribution in [0.4, 0.5) is 0 Å². The van der Waals surface area contributed by atoms with E-state index in [1.54, 1.807) is 0 Å². The number of nitrogens with zero attached hydrogens (tertiary/aromatic N) is 1. The second kappa shape index (κ2) is 4.76. The highest BCUT2D eigenvalue weighted by atomic mass is 14.9. The van der Waals surface area contributed by atoms with Gasteiger partial charge in [-0.3, -0.25) is 0 Å². The van der Waals surface area contributed by atoms with Crippen molar-refractivity contribution in [2.45, 2.75) is 12.3 Å². The van der Waals surface area contributed by atoms with Gasteiger partial charge in [0.2, 0.25) is 0 Å². The Morgan fingerprint density at radius 1 is 1.05 bits per heavy atom. The predicted molar refractivity (Wildman–Crippen MR) is 81.8 cm³/mol. The number of hydrogen-bond acceptors (Lipinski definition) is 2. The summed E-state index contributed by atoms with van der Waals surface area (Å²) in [5.74, 6) is 1.59. The molecule has 3 heteroatoms. The van der Waals surface area contributed by atoms with Crippen LogP contribution in [0.25, 0.3) is 22.4 Å². The molecule has 2 aromatic carbocycles. The number of benzene rings is 2. The van der Waals surface area contributed by atoms with Crippen molar-refractivity contribution in [3.05, 3.63) is 54.1 Å². The van der Waals surface area contributed by atoms with Crippen LogP contribution in [0.5, 0.6) is 0 Å². The number of rotatable bonds is 2. The van der Waals surface area contributed by atoms with Crippen LogP contribution in [-0.2, 0) is 0 Å². The molecule has 1 fully saturated rings. The maximum atomic E-state index is 4.68. The van der Waals surface area contributed by atoms with Gasteiger partial charge in [0.05, 0.1) is 11.0 Å². The van der Waals surface area contributed by atoms with Crippen molar-refractivity contribution in [2.75, 3.05) is 13.1 Å². The van der Waals surface area contributed by atoms with Crippen LogP contribution in [0.2, 0.25) is 0 Å². The summed E-state index contributed by atoms with van der Waals surface area (Å²) >= 11 is 0. The van der Waals surface area contributed by atoms with Crippen LogP contribution < -0.4 is 5.32 Å². The van der Waals surface area contributed by atoms with Gasteiger partial charge in [0, 0.05) is 12.1 Å². The van der Waals surface area contributed by atoms with E-state index in [1.165, 1.54) is 12.0 Å². The molecule has 4 rings (SSSR count). The highest BCUT2D eigenvalue weighted by molar-refractivity contribution is 5.80. The summed E-state index contributed by atoms with van der Waals surface area (Å²) in [7, 11) is 0. The van der Waals surface area contributed by atoms with Gasteiger partial charge >= 0.3 is 0 Å². The smallest absolute Gasteiger partial charge is 0.138 e. The molecular formula is C17H17N3. The van der Waals surface area contributed by atoms with E-state index in [2.05, 4.69) is 45.6 Å². The minimum atomic E-state index is 0.642. The van der Waals surface area contributed by atoms with E-state index in [4.69, 9.17) is 0 Å². The second-order valence-electron chi connectivity index (χ2n) is 5.42. The van der Waals surface area contributed by atoms with E-state index in [-0.39, 0.29) is 0 Å². The van der Waals surface area contributed by atoms with Crippen molar-refractivity contribution in [3.63, 3.8) is 0 Å². The summed E-state index contributed by atoms with van der Waals surface area (Å²) in [6.07, 6.45) is 1.23. The lowest BCUT2D eigenvalue weighted by Crippen LogP contribution is -2.07. The first-order valence-corrected chi connectivity index (χ1v) is 7.16. The molecule has 2 heterocycles. The Morgan fingerprint density at radius 2 is 1.95 bits per heavy atom. The Morgan fingerprint density at radius 3 is 2.75 bits per heavy atom. The SMILES string of the molecule is c1ccc(-c2nc3ccc(C4CCNC4)cc3[nH]2)cc1. The van der Waals surface area contributed by atoms with Crippen LogP contribution in [0.3, 0.4) is 0 Å². The van der Waals surface area contributed by atoms with E-state index in [0.29, 0.717) is 5.92 Å². The van der Waals surface area contributed by atoms with Crippen molar-refractivity contribution in [3.8, 4) is 11.4 Å². The van der Waals surface area contributed by atoms with Gasteiger partial charge in [-0.15, -0.1) is 0 Å². The zero-order valence-corrected chi connectivity index (χ0v) is 11.3. The third-order valence-electron chi connectivity index (χ3n) is 4.08. The van der Waals surface area contributed by atoms with Gasteiger partial charge < -0.3 is 10.3 Å². The number of nitrogens with one attached hydrogen (secondary N) is 2. The van der Waals surface area contributed by atoms with E-state index in [9.17, 15) is 0 Å². The van der Waals surface area contributed by atoms with Crippen LogP contribution in [0.15, 0.2) is 48.5 Å². The predicted octanol–water partition coefficient (Wildman–Crippen LogP) is 3.31. The molecule has 0 bridgehead atoms. The molecule has 0 spiro atoms. The Kier molecular flexibility index (Phi) is 2.78. The Hall–Kier alpha value is -2.13. The van der Waals surface area contributed by atoms with Crippen molar-refractivity contribution < 1.29 is 0 Å². The molecule has 0 radical (unpaired) electrons. The number of imidazole rings is 1. The van der Waals surface area contributed by atoms with E-state index in [1.807, 2.05) is 18.2 Å². The molecule has 0 amide bonds. The molecule has 1 unspecified atom stereocenters. The first-order chi connectivity index (χ1) is 9.90. The lowest BCUT2D eigenvalue weighted by atomic mass is 9.98. The summed E-state index contributed by atoms with van der Waals surface area (Å²) in [6.45, 7) is 2.21. The lowest BCUT2D eigenvalue weighted by Gasteiger charge is -2.07. The van der Waals surface area contributed by atoms with Gasteiger partial charge in [0.15, 0.2) is 0 Å². The first kappa shape index (κ1) is 11.7. The fourth-order valence-corrected chi connectivity index (χ4v) is 2.95. The third kappa shape index (κ3) is 2.00. The maximum Gasteiger partial charge on any atom is 0.138 e. The van der Waals surface area contributed by atoms with Gasteiger partial charge in [0.25, 0.3) is 0 Å². The molecule has 3 nitrogen and oxygen atoms in total. The first-order valence-electron chi connectivity index (χ1n) is 7.16. The minimum Gasteiger partial charge on any atom is -0.338 e. The molecule has 100 valence electrons. The molecule has 1 aromatic heterocycles. The number of aromatic nitrogens is 2. The van der Waals surface area contributed by atoms with Gasteiger partial charge in [0.1, 0.15) is 5.82 Å². The van der Waals surface area contributed by atoms with Crippen LogP contribution in [-0.4, -0.2) is 23.1 Å². The largest absolute Gasteiger partial charge is 0.338 e. The average Bonchev–Trinajstić information content (AvgIpc) is 3.16. The van der Waals surface area contributed by atoms with E-state index >= 15 is 0 Å². The highest BCUT2D eigenvalue weighted by Gasteiger charge is 2.17. The van der Waals surface area contributed by atoms with E-state index < -0.39 is 0 Å². The van der Waals surface area contributed by atoms with Crippen molar-refractivity contribution in [1.29, 1.82) is 0 Å². The molecule has 3 aromatic rings. The fraction of sp³-hybridized carbons (Fsp3) is 0.235. The third-order valence-corrected chi connectivity index (χ3v) is 4.08. The summed E-state index contributed by atoms with van der Waals surface area (Å²) < 4.78 is 0. The van der Waals surface area contributed by atoms with Crippen molar-refractivity contribution in [1.82, 2.24) is 15.3 Å². The second-order valence-corrected chi connectivity index (χ2v) is 5.42. The van der Waals surface area contributed by atoms with Gasteiger partial charge in [-0.25, -0.2) is 4.98 Å². The number of H-pyrrole nitrogens is 1. The number of aromatic amines is 1. The summed E-state index contributed by atoms with van der Waals surface area (Å²) in [5.41, 5.74) is 4.71. The Labute approximate surface area is 118 Å². The zero-order valence-electron chi connectivity index (χ0n) is 11.3. The van der Waals surface area contributed by atoms with Crippen LogP contribution >= 0.6 is 0 Å². The molecular weight excluding hydrogens is 246 g/mol. The number of fused-ring (bicyclic) bond motifs is 1. The molecule has 1 atom stereocenters. The Bertz CT molecular complexity index is 724.